The number of nitrogens with one attached hydrogen (secondary N) is 2. The van der Waals surface area contributed by atoms with Gasteiger partial charge in [0, 0.05) is 28.5 Å². The third-order valence-corrected chi connectivity index (χ3v) is 8.60. The molecule has 5 rings (SSSR count). The lowest BCUT2D eigenvalue weighted by atomic mass is 9.95. The number of hydrogen-bond acceptors (Lipinski definition) is 4. The van der Waals surface area contributed by atoms with Gasteiger partial charge in [-0.2, -0.15) is 5.26 Å². The van der Waals surface area contributed by atoms with Crippen LogP contribution in [0.25, 0.3) is 11.1 Å². The second-order valence-electron chi connectivity index (χ2n) is 10.2. The van der Waals surface area contributed by atoms with E-state index in [1.807, 2.05) is 81.4 Å². The minimum atomic E-state index is -0.416. The Morgan fingerprint density at radius 1 is 1.02 bits per heavy atom. The van der Waals surface area contributed by atoms with Gasteiger partial charge in [-0.1, -0.05) is 48.0 Å². The molecule has 2 heterocycles. The van der Waals surface area contributed by atoms with Gasteiger partial charge in [-0.25, -0.2) is 0 Å². The highest BCUT2D eigenvalue weighted by Crippen LogP contribution is 2.39. The normalized spacial score (nSPS) is 12.9. The predicted molar refractivity (Wildman–Crippen MR) is 161 cm³/mol. The first kappa shape index (κ1) is 27.2. The molecule has 2 N–H and O–H groups in total. The first-order valence-electron chi connectivity index (χ1n) is 13.5. The van der Waals surface area contributed by atoms with Gasteiger partial charge in [0.2, 0.25) is 0 Å². The number of carbonyl (C=O) groups is 2. The maximum absolute atomic E-state index is 13.7. The summed E-state index contributed by atoms with van der Waals surface area (Å²) in [6, 6.07) is 21.5. The smallest absolute Gasteiger partial charge is 0.262 e. The Labute approximate surface area is 239 Å². The Morgan fingerprint density at radius 2 is 1.75 bits per heavy atom. The van der Waals surface area contributed by atoms with E-state index < -0.39 is 5.91 Å². The van der Waals surface area contributed by atoms with E-state index >= 15 is 0 Å². The fourth-order valence-electron chi connectivity index (χ4n) is 5.20. The summed E-state index contributed by atoms with van der Waals surface area (Å²) in [6.07, 6.45) is 5.67. The zero-order valence-electron chi connectivity index (χ0n) is 23.0. The molecule has 40 heavy (non-hydrogen) atoms. The summed E-state index contributed by atoms with van der Waals surface area (Å²) < 4.78 is 2.09. The van der Waals surface area contributed by atoms with Crippen LogP contribution in [0.2, 0.25) is 0 Å². The summed E-state index contributed by atoms with van der Waals surface area (Å²) in [4.78, 5) is 27.8. The second kappa shape index (κ2) is 11.8. The Balaban J connectivity index is 1.48. The molecule has 6 nitrogen and oxygen atoms in total. The minimum Gasteiger partial charge on any atom is -0.347 e. The van der Waals surface area contributed by atoms with Gasteiger partial charge in [0.05, 0.1) is 5.56 Å². The number of nitrogens with zero attached hydrogens (tertiary/aromatic N) is 2. The first-order chi connectivity index (χ1) is 19.4. The van der Waals surface area contributed by atoms with Crippen LogP contribution >= 0.6 is 11.3 Å². The van der Waals surface area contributed by atoms with Crippen molar-refractivity contribution in [2.75, 3.05) is 5.32 Å². The van der Waals surface area contributed by atoms with Crippen molar-refractivity contribution < 1.29 is 9.59 Å². The number of aryl methyl sites for hydroxylation is 3. The van der Waals surface area contributed by atoms with E-state index in [4.69, 9.17) is 0 Å². The lowest BCUT2D eigenvalue weighted by molar-refractivity contribution is -0.117. The van der Waals surface area contributed by atoms with E-state index in [1.54, 1.807) is 17.4 Å². The van der Waals surface area contributed by atoms with Crippen molar-refractivity contribution in [2.24, 2.45) is 0 Å². The average Bonchev–Trinajstić information content (AvgIpc) is 3.47. The van der Waals surface area contributed by atoms with Crippen molar-refractivity contribution in [2.45, 2.75) is 53.0 Å². The molecular formula is C33H32N4O2S. The fourth-order valence-corrected chi connectivity index (χ4v) is 6.69. The minimum absolute atomic E-state index is 0.0407. The molecular weight excluding hydrogens is 516 g/mol. The molecule has 2 amide bonds. The topological polar surface area (TPSA) is 86.9 Å². The molecule has 0 saturated heterocycles. The number of nitriles is 1. The third-order valence-electron chi connectivity index (χ3n) is 7.32. The van der Waals surface area contributed by atoms with E-state index in [9.17, 15) is 14.9 Å². The maximum Gasteiger partial charge on any atom is 0.262 e. The molecule has 0 radical (unpaired) electrons. The van der Waals surface area contributed by atoms with Crippen LogP contribution in [0.15, 0.2) is 66.2 Å². The number of anilines is 1. The Morgan fingerprint density at radius 3 is 2.48 bits per heavy atom. The van der Waals surface area contributed by atoms with Crippen LogP contribution in [0.5, 0.6) is 0 Å². The van der Waals surface area contributed by atoms with E-state index in [0.29, 0.717) is 6.54 Å². The molecule has 0 bridgehead atoms. The second-order valence-corrected chi connectivity index (χ2v) is 11.3. The van der Waals surface area contributed by atoms with Gasteiger partial charge < -0.3 is 15.2 Å². The summed E-state index contributed by atoms with van der Waals surface area (Å²) in [7, 11) is 0. The number of hydrogen-bond donors (Lipinski definition) is 2. The molecule has 0 unspecified atom stereocenters. The van der Waals surface area contributed by atoms with Crippen LogP contribution < -0.4 is 10.6 Å². The van der Waals surface area contributed by atoms with E-state index in [2.05, 4.69) is 21.3 Å². The molecule has 1 aliphatic rings. The highest BCUT2D eigenvalue weighted by atomic mass is 32.1. The Kier molecular flexibility index (Phi) is 7.99. The summed E-state index contributed by atoms with van der Waals surface area (Å²) in [5.74, 6) is -0.526. The lowest BCUT2D eigenvalue weighted by Crippen LogP contribution is -2.23. The summed E-state index contributed by atoms with van der Waals surface area (Å²) in [6.45, 7) is 6.33. The van der Waals surface area contributed by atoms with Crippen molar-refractivity contribution >= 4 is 34.9 Å². The van der Waals surface area contributed by atoms with Gasteiger partial charge in [0.15, 0.2) is 0 Å². The van der Waals surface area contributed by atoms with E-state index in [-0.39, 0.29) is 11.5 Å². The quantitative estimate of drug-likeness (QED) is 0.196. The molecule has 7 heteroatoms. The van der Waals surface area contributed by atoms with Crippen LogP contribution in [0.4, 0.5) is 5.69 Å². The van der Waals surface area contributed by atoms with Gasteiger partial charge in [0.1, 0.15) is 16.6 Å². The first-order valence-corrected chi connectivity index (χ1v) is 14.3. The van der Waals surface area contributed by atoms with Gasteiger partial charge >= 0.3 is 0 Å². The Hall–Kier alpha value is -4.41. The van der Waals surface area contributed by atoms with Crippen molar-refractivity contribution in [3.05, 3.63) is 110 Å². The highest BCUT2D eigenvalue weighted by Gasteiger charge is 2.28. The summed E-state index contributed by atoms with van der Waals surface area (Å²) in [5.41, 5.74) is 7.36. The SMILES string of the molecule is Cc1ccc(NC(=O)c2c(-n3c(C)cc(/C=C(/C#N)C(=O)NCc4ccccc4)c3C)sc3c2CCCC3)cc1. The zero-order chi connectivity index (χ0) is 28.2. The predicted octanol–water partition coefficient (Wildman–Crippen LogP) is 6.82. The van der Waals surface area contributed by atoms with Gasteiger partial charge in [-0.05, 0) is 87.4 Å². The molecule has 0 atom stereocenters. The third kappa shape index (κ3) is 5.63. The molecule has 1 aliphatic carbocycles. The number of aromatic nitrogens is 1. The molecule has 4 aromatic rings. The standard InChI is InChI=1S/C33H32N4O2S/c1-21-13-15-27(16-14-21)36-32(39)30-28-11-7-8-12-29(28)40-33(30)37-22(2)17-25(23(37)3)18-26(19-34)31(38)35-20-24-9-5-4-6-10-24/h4-6,9-10,13-18H,7-8,11-12,20H2,1-3H3,(H,35,38)(H,36,39)/b26-18-. The average molecular weight is 549 g/mol. The molecule has 0 saturated carbocycles. The number of amides is 2. The molecule has 2 aromatic carbocycles. The summed E-state index contributed by atoms with van der Waals surface area (Å²) >= 11 is 1.67. The lowest BCUT2D eigenvalue weighted by Gasteiger charge is -2.14. The van der Waals surface area contributed by atoms with Crippen LogP contribution in [0.3, 0.4) is 0 Å². The fraction of sp³-hybridized carbons (Fsp3) is 0.242. The van der Waals surface area contributed by atoms with Crippen molar-refractivity contribution in [3.63, 3.8) is 0 Å². The maximum atomic E-state index is 13.7. The monoisotopic (exact) mass is 548 g/mol. The molecule has 0 aliphatic heterocycles. The molecule has 0 spiro atoms. The number of carbonyl (C=O) groups excluding carboxylic acids is 2. The van der Waals surface area contributed by atoms with Crippen LogP contribution in [-0.2, 0) is 24.2 Å². The van der Waals surface area contributed by atoms with Crippen LogP contribution in [0.1, 0.15) is 61.7 Å². The van der Waals surface area contributed by atoms with Gasteiger partial charge in [0.25, 0.3) is 11.8 Å². The largest absolute Gasteiger partial charge is 0.347 e. The number of rotatable bonds is 7. The molecule has 202 valence electrons. The number of fused-ring (bicyclic) bond motifs is 1. The van der Waals surface area contributed by atoms with Crippen LogP contribution in [0, 0.1) is 32.1 Å². The highest BCUT2D eigenvalue weighted by molar-refractivity contribution is 7.15. The van der Waals surface area contributed by atoms with Gasteiger partial charge in [-0.3, -0.25) is 9.59 Å². The number of benzene rings is 2. The molecule has 0 fully saturated rings. The van der Waals surface area contributed by atoms with E-state index in [1.165, 1.54) is 4.88 Å². The molecule has 2 aromatic heterocycles. The van der Waals surface area contributed by atoms with Crippen molar-refractivity contribution in [1.29, 1.82) is 5.26 Å². The van der Waals surface area contributed by atoms with Crippen molar-refractivity contribution in [1.82, 2.24) is 9.88 Å². The zero-order valence-corrected chi connectivity index (χ0v) is 23.8. The summed E-state index contributed by atoms with van der Waals surface area (Å²) in [5, 5.41) is 16.6. The van der Waals surface area contributed by atoms with Gasteiger partial charge in [-0.15, -0.1) is 11.3 Å². The van der Waals surface area contributed by atoms with Crippen molar-refractivity contribution in [3.8, 4) is 11.1 Å². The van der Waals surface area contributed by atoms with E-state index in [0.717, 1.165) is 75.6 Å². The van der Waals surface area contributed by atoms with Crippen LogP contribution in [-0.4, -0.2) is 16.4 Å². The number of thiophene rings is 1. The Bertz CT molecular complexity index is 1640.